The largest absolute Gasteiger partial charge is 0.497 e. The van der Waals surface area contributed by atoms with E-state index < -0.39 is 0 Å². The summed E-state index contributed by atoms with van der Waals surface area (Å²) in [5.41, 5.74) is 7.38. The number of hydrogen-bond acceptors (Lipinski definition) is 3. The molecule has 3 N–H and O–H groups in total. The number of hydrogen-bond donors (Lipinski definition) is 2. The van der Waals surface area contributed by atoms with E-state index in [4.69, 9.17) is 10.5 Å². The minimum Gasteiger partial charge on any atom is -0.497 e. The lowest BCUT2D eigenvalue weighted by Crippen LogP contribution is -2.43. The summed E-state index contributed by atoms with van der Waals surface area (Å²) in [6, 6.07) is 8.53. The molecule has 0 radical (unpaired) electrons. The van der Waals surface area contributed by atoms with Crippen LogP contribution in [0.15, 0.2) is 24.3 Å². The van der Waals surface area contributed by atoms with Gasteiger partial charge in [-0.15, -0.1) is 12.4 Å². The number of rotatable bonds is 5. The quantitative estimate of drug-likeness (QED) is 0.837. The van der Waals surface area contributed by atoms with Crippen molar-refractivity contribution >= 4 is 18.3 Å². The third-order valence-electron chi connectivity index (χ3n) is 5.93. The van der Waals surface area contributed by atoms with Gasteiger partial charge in [-0.1, -0.05) is 31.4 Å². The molecule has 3 rings (SSSR count). The fraction of sp³-hybridized carbons (Fsp3) is 0.650. The summed E-state index contributed by atoms with van der Waals surface area (Å²) in [5.74, 6) is 1.18. The van der Waals surface area contributed by atoms with Crippen LogP contribution in [0.1, 0.15) is 56.9 Å². The standard InChI is InChI=1S/C20H30N2O2.ClH/c1-24-18-9-5-7-16(13-18)20(10-2-3-11-20)14-22-19(23)15-6-4-8-17(21)12-15;/h5,7,9,13,15,17H,2-4,6,8,10-12,14,21H2,1H3,(H,22,23);1H. The molecule has 0 bridgehead atoms. The van der Waals surface area contributed by atoms with Crippen molar-refractivity contribution in [2.24, 2.45) is 11.7 Å². The van der Waals surface area contributed by atoms with E-state index in [1.165, 1.54) is 18.4 Å². The molecule has 1 amide bonds. The van der Waals surface area contributed by atoms with Gasteiger partial charge in [-0.3, -0.25) is 4.79 Å². The van der Waals surface area contributed by atoms with Crippen LogP contribution in [0.3, 0.4) is 0 Å². The van der Waals surface area contributed by atoms with Crippen molar-refractivity contribution in [1.29, 1.82) is 0 Å². The number of amides is 1. The van der Waals surface area contributed by atoms with Crippen LogP contribution in [0.5, 0.6) is 5.75 Å². The van der Waals surface area contributed by atoms with Crippen molar-refractivity contribution in [1.82, 2.24) is 5.32 Å². The number of carbonyl (C=O) groups is 1. The van der Waals surface area contributed by atoms with Gasteiger partial charge in [0.05, 0.1) is 7.11 Å². The molecule has 4 nitrogen and oxygen atoms in total. The zero-order valence-electron chi connectivity index (χ0n) is 15.1. The third-order valence-corrected chi connectivity index (χ3v) is 5.93. The van der Waals surface area contributed by atoms with Crippen LogP contribution in [0.4, 0.5) is 0 Å². The summed E-state index contributed by atoms with van der Waals surface area (Å²) in [7, 11) is 1.70. The molecule has 2 atom stereocenters. The van der Waals surface area contributed by atoms with Crippen LogP contribution in [-0.4, -0.2) is 25.6 Å². The zero-order chi connectivity index (χ0) is 17.0. The lowest BCUT2D eigenvalue weighted by atomic mass is 9.78. The maximum atomic E-state index is 12.6. The van der Waals surface area contributed by atoms with Gasteiger partial charge in [-0.2, -0.15) is 0 Å². The van der Waals surface area contributed by atoms with Crippen molar-refractivity contribution in [2.75, 3.05) is 13.7 Å². The first-order valence-electron chi connectivity index (χ1n) is 9.31. The van der Waals surface area contributed by atoms with E-state index in [0.717, 1.165) is 50.8 Å². The van der Waals surface area contributed by atoms with Crippen LogP contribution >= 0.6 is 12.4 Å². The molecule has 25 heavy (non-hydrogen) atoms. The van der Waals surface area contributed by atoms with Crippen LogP contribution < -0.4 is 15.8 Å². The number of nitrogens with two attached hydrogens (primary N) is 1. The van der Waals surface area contributed by atoms with Gasteiger partial charge >= 0.3 is 0 Å². The molecule has 2 saturated carbocycles. The van der Waals surface area contributed by atoms with E-state index in [1.807, 2.05) is 6.07 Å². The number of benzene rings is 1. The average Bonchev–Trinajstić information content (AvgIpc) is 3.10. The molecule has 2 aliphatic carbocycles. The van der Waals surface area contributed by atoms with Gasteiger partial charge < -0.3 is 15.8 Å². The summed E-state index contributed by atoms with van der Waals surface area (Å²) in [6.07, 6.45) is 8.64. The summed E-state index contributed by atoms with van der Waals surface area (Å²) < 4.78 is 5.39. The van der Waals surface area contributed by atoms with E-state index >= 15 is 0 Å². The molecular weight excluding hydrogens is 336 g/mol. The van der Waals surface area contributed by atoms with Gasteiger partial charge in [0, 0.05) is 23.9 Å². The Balaban J connectivity index is 0.00000225. The fourth-order valence-corrected chi connectivity index (χ4v) is 4.44. The molecule has 1 aromatic rings. The van der Waals surface area contributed by atoms with Crippen LogP contribution in [0.2, 0.25) is 0 Å². The molecule has 5 heteroatoms. The second kappa shape index (κ2) is 8.91. The summed E-state index contributed by atoms with van der Waals surface area (Å²) >= 11 is 0. The molecule has 2 unspecified atom stereocenters. The predicted molar refractivity (Wildman–Crippen MR) is 103 cm³/mol. The first-order chi connectivity index (χ1) is 11.6. The second-order valence-electron chi connectivity index (χ2n) is 7.56. The Bertz CT molecular complexity index is 573. The van der Waals surface area contributed by atoms with Gasteiger partial charge in [-0.25, -0.2) is 0 Å². The Morgan fingerprint density at radius 1 is 1.28 bits per heavy atom. The highest BCUT2D eigenvalue weighted by Gasteiger charge is 2.37. The van der Waals surface area contributed by atoms with Crippen LogP contribution in [-0.2, 0) is 10.2 Å². The van der Waals surface area contributed by atoms with Gasteiger partial charge in [0.2, 0.25) is 5.91 Å². The molecule has 2 fully saturated rings. The highest BCUT2D eigenvalue weighted by molar-refractivity contribution is 5.85. The molecule has 140 valence electrons. The minimum absolute atomic E-state index is 0. The van der Waals surface area contributed by atoms with E-state index in [1.54, 1.807) is 7.11 Å². The van der Waals surface area contributed by atoms with Crippen molar-refractivity contribution in [2.45, 2.75) is 62.8 Å². The maximum absolute atomic E-state index is 12.6. The summed E-state index contributed by atoms with van der Waals surface area (Å²) in [4.78, 5) is 12.6. The number of ether oxygens (including phenoxy) is 1. The summed E-state index contributed by atoms with van der Waals surface area (Å²) in [6.45, 7) is 0.727. The van der Waals surface area contributed by atoms with Gasteiger partial charge in [0.25, 0.3) is 0 Å². The molecular formula is C20H31ClN2O2. The average molecular weight is 367 g/mol. The van der Waals surface area contributed by atoms with Crippen molar-refractivity contribution < 1.29 is 9.53 Å². The number of halogens is 1. The Morgan fingerprint density at radius 2 is 2.04 bits per heavy atom. The van der Waals surface area contributed by atoms with E-state index in [2.05, 4.69) is 23.5 Å². The molecule has 2 aliphatic rings. The van der Waals surface area contributed by atoms with E-state index in [0.29, 0.717) is 0 Å². The Labute approximate surface area is 157 Å². The first kappa shape index (κ1) is 20.1. The van der Waals surface area contributed by atoms with Crippen molar-refractivity contribution in [3.63, 3.8) is 0 Å². The Kier molecular flexibility index (Phi) is 7.14. The molecule has 0 heterocycles. The lowest BCUT2D eigenvalue weighted by Gasteiger charge is -2.32. The van der Waals surface area contributed by atoms with E-state index in [-0.39, 0.29) is 35.7 Å². The van der Waals surface area contributed by atoms with Crippen LogP contribution in [0, 0.1) is 5.92 Å². The van der Waals surface area contributed by atoms with E-state index in [9.17, 15) is 4.79 Å². The lowest BCUT2D eigenvalue weighted by molar-refractivity contribution is -0.126. The number of carbonyl (C=O) groups excluding carboxylic acids is 1. The van der Waals surface area contributed by atoms with Crippen molar-refractivity contribution in [3.05, 3.63) is 29.8 Å². The normalized spacial score (nSPS) is 25.0. The molecule has 0 saturated heterocycles. The zero-order valence-corrected chi connectivity index (χ0v) is 15.9. The van der Waals surface area contributed by atoms with Crippen LogP contribution in [0.25, 0.3) is 0 Å². The molecule has 0 spiro atoms. The number of methoxy groups -OCH3 is 1. The third kappa shape index (κ3) is 4.68. The van der Waals surface area contributed by atoms with Gasteiger partial charge in [0.1, 0.15) is 5.75 Å². The summed E-state index contributed by atoms with van der Waals surface area (Å²) in [5, 5.41) is 3.26. The van der Waals surface area contributed by atoms with Gasteiger partial charge in [0.15, 0.2) is 0 Å². The highest BCUT2D eigenvalue weighted by Crippen LogP contribution is 2.41. The SMILES string of the molecule is COc1cccc(C2(CNC(=O)C3CCCC(N)C3)CCCC2)c1.Cl. The maximum Gasteiger partial charge on any atom is 0.223 e. The monoisotopic (exact) mass is 366 g/mol. The topological polar surface area (TPSA) is 64.3 Å². The smallest absolute Gasteiger partial charge is 0.223 e. The molecule has 0 aromatic heterocycles. The highest BCUT2D eigenvalue weighted by atomic mass is 35.5. The predicted octanol–water partition coefficient (Wildman–Crippen LogP) is 3.56. The Morgan fingerprint density at radius 3 is 2.72 bits per heavy atom. The molecule has 1 aromatic carbocycles. The molecule has 0 aliphatic heterocycles. The minimum atomic E-state index is 0. The number of nitrogens with one attached hydrogen (secondary N) is 1. The Hall–Kier alpha value is -1.26. The second-order valence-corrected chi connectivity index (χ2v) is 7.56. The van der Waals surface area contributed by atoms with Gasteiger partial charge in [-0.05, 0) is 49.8 Å². The fourth-order valence-electron chi connectivity index (χ4n) is 4.44. The van der Waals surface area contributed by atoms with Crippen molar-refractivity contribution in [3.8, 4) is 5.75 Å². The first-order valence-corrected chi connectivity index (χ1v) is 9.31.